The van der Waals surface area contributed by atoms with E-state index in [9.17, 15) is 9.90 Å². The average Bonchev–Trinajstić information content (AvgIpc) is 2.65. The first-order valence-corrected chi connectivity index (χ1v) is 5.60. The lowest BCUT2D eigenvalue weighted by Crippen LogP contribution is -2.07. The molecule has 0 spiro atoms. The molecule has 2 aromatic rings. The zero-order chi connectivity index (χ0) is 11.2. The highest BCUT2D eigenvalue weighted by Gasteiger charge is 2.22. The maximum Gasteiger partial charge on any atom is 0.354 e. The van der Waals surface area contributed by atoms with E-state index in [1.54, 1.807) is 4.40 Å². The van der Waals surface area contributed by atoms with Gasteiger partial charge in [-0.3, -0.25) is 4.40 Å². The lowest BCUT2D eigenvalue weighted by molar-refractivity contribution is 0.0687. The second-order valence-electron chi connectivity index (χ2n) is 3.80. The Labute approximate surface area is 91.2 Å². The van der Waals surface area contributed by atoms with Gasteiger partial charge in [0.2, 0.25) is 0 Å². The van der Waals surface area contributed by atoms with E-state index in [0.29, 0.717) is 11.4 Å². The van der Waals surface area contributed by atoms with E-state index in [1.165, 1.54) is 11.3 Å². The topological polar surface area (TPSA) is 54.6 Å². The molecular formula is C10H12N2O2S. The molecule has 5 heteroatoms. The van der Waals surface area contributed by atoms with Crippen LogP contribution in [-0.2, 0) is 0 Å². The molecule has 0 bridgehead atoms. The predicted octanol–water partition coefficient (Wildman–Crippen LogP) is 2.53. The average molecular weight is 224 g/mol. The van der Waals surface area contributed by atoms with Gasteiger partial charge in [0.15, 0.2) is 10.7 Å². The molecule has 4 nitrogen and oxygen atoms in total. The molecule has 0 amide bonds. The maximum atomic E-state index is 11.2. The van der Waals surface area contributed by atoms with Crippen molar-refractivity contribution < 1.29 is 9.90 Å². The van der Waals surface area contributed by atoms with Crippen molar-refractivity contribution in [1.82, 2.24) is 9.38 Å². The molecule has 0 unspecified atom stereocenters. The monoisotopic (exact) mass is 224 g/mol. The van der Waals surface area contributed by atoms with Gasteiger partial charge < -0.3 is 5.11 Å². The van der Waals surface area contributed by atoms with Crippen LogP contribution in [0, 0.1) is 6.92 Å². The molecule has 0 saturated carbocycles. The second-order valence-corrected chi connectivity index (χ2v) is 4.64. The number of thiazole rings is 1. The van der Waals surface area contributed by atoms with Crippen LogP contribution in [0.4, 0.5) is 0 Å². The number of fused-ring (bicyclic) bond motifs is 1. The van der Waals surface area contributed by atoms with Gasteiger partial charge in [0.1, 0.15) is 0 Å². The Kier molecular flexibility index (Phi) is 2.26. The first kappa shape index (κ1) is 10.2. The van der Waals surface area contributed by atoms with E-state index >= 15 is 0 Å². The van der Waals surface area contributed by atoms with Crippen molar-refractivity contribution in [2.24, 2.45) is 0 Å². The number of nitrogens with zero attached hydrogens (tertiary/aromatic N) is 2. The van der Waals surface area contributed by atoms with Crippen LogP contribution in [0.3, 0.4) is 0 Å². The summed E-state index contributed by atoms with van der Waals surface area (Å²) in [5.74, 6) is -0.782. The largest absolute Gasteiger partial charge is 0.477 e. The third-order valence-corrected chi connectivity index (χ3v) is 3.25. The molecule has 0 radical (unpaired) electrons. The van der Waals surface area contributed by atoms with Gasteiger partial charge in [0, 0.05) is 11.1 Å². The van der Waals surface area contributed by atoms with Gasteiger partial charge in [-0.1, -0.05) is 13.8 Å². The van der Waals surface area contributed by atoms with Crippen molar-refractivity contribution in [3.8, 4) is 0 Å². The Balaban J connectivity index is 2.82. The molecule has 2 heterocycles. The highest BCUT2D eigenvalue weighted by molar-refractivity contribution is 7.15. The number of aryl methyl sites for hydroxylation is 1. The molecule has 0 aliphatic heterocycles. The first-order chi connectivity index (χ1) is 7.02. The van der Waals surface area contributed by atoms with Crippen LogP contribution in [0.1, 0.15) is 41.6 Å². The van der Waals surface area contributed by atoms with Crippen LogP contribution in [0.2, 0.25) is 0 Å². The van der Waals surface area contributed by atoms with Crippen LogP contribution in [-0.4, -0.2) is 20.5 Å². The van der Waals surface area contributed by atoms with E-state index in [-0.39, 0.29) is 5.92 Å². The van der Waals surface area contributed by atoms with Gasteiger partial charge >= 0.3 is 5.97 Å². The normalized spacial score (nSPS) is 11.5. The molecule has 2 rings (SSSR count). The number of rotatable bonds is 2. The molecular weight excluding hydrogens is 212 g/mol. The van der Waals surface area contributed by atoms with E-state index in [0.717, 1.165) is 10.7 Å². The molecule has 15 heavy (non-hydrogen) atoms. The van der Waals surface area contributed by atoms with Gasteiger partial charge in [0.05, 0.1) is 5.69 Å². The van der Waals surface area contributed by atoms with Crippen LogP contribution in [0.15, 0.2) is 5.38 Å². The summed E-state index contributed by atoms with van der Waals surface area (Å²) in [4.78, 5) is 16.3. The summed E-state index contributed by atoms with van der Waals surface area (Å²) in [5.41, 5.74) is 1.89. The molecule has 0 atom stereocenters. The number of aromatic carboxylic acids is 1. The summed E-state index contributed by atoms with van der Waals surface area (Å²) in [7, 11) is 0. The van der Waals surface area contributed by atoms with Crippen molar-refractivity contribution in [1.29, 1.82) is 0 Å². The van der Waals surface area contributed by atoms with E-state index in [4.69, 9.17) is 0 Å². The Hall–Kier alpha value is -1.36. The molecule has 2 aromatic heterocycles. The fourth-order valence-electron chi connectivity index (χ4n) is 1.62. The molecule has 0 saturated heterocycles. The quantitative estimate of drug-likeness (QED) is 0.852. The van der Waals surface area contributed by atoms with Gasteiger partial charge in [-0.25, -0.2) is 9.78 Å². The minimum absolute atomic E-state index is 0.127. The molecule has 0 aromatic carbocycles. The number of carboxylic acids is 1. The third-order valence-electron chi connectivity index (χ3n) is 2.31. The summed E-state index contributed by atoms with van der Waals surface area (Å²) in [6.45, 7) is 5.80. The molecule has 0 fully saturated rings. The van der Waals surface area contributed by atoms with Gasteiger partial charge in [-0.05, 0) is 12.8 Å². The van der Waals surface area contributed by atoms with Gasteiger partial charge in [-0.2, -0.15) is 0 Å². The lowest BCUT2D eigenvalue weighted by atomic mass is 10.1. The van der Waals surface area contributed by atoms with Crippen molar-refractivity contribution in [3.63, 3.8) is 0 Å². The minimum Gasteiger partial charge on any atom is -0.477 e. The van der Waals surface area contributed by atoms with Crippen molar-refractivity contribution >= 4 is 22.3 Å². The summed E-state index contributed by atoms with van der Waals surface area (Å²) >= 11 is 1.47. The number of carboxylic acid groups (broad SMARTS) is 1. The van der Waals surface area contributed by atoms with Gasteiger partial charge in [-0.15, -0.1) is 11.3 Å². The fourth-order valence-corrected chi connectivity index (χ4v) is 2.49. The van der Waals surface area contributed by atoms with Crippen molar-refractivity contribution in [2.75, 3.05) is 0 Å². The second kappa shape index (κ2) is 3.34. The number of hydrogen-bond donors (Lipinski definition) is 1. The van der Waals surface area contributed by atoms with E-state index < -0.39 is 5.97 Å². The van der Waals surface area contributed by atoms with Crippen LogP contribution >= 0.6 is 11.3 Å². The smallest absolute Gasteiger partial charge is 0.354 e. The number of carbonyl (C=O) groups is 1. The molecule has 80 valence electrons. The minimum atomic E-state index is -0.910. The van der Waals surface area contributed by atoms with Crippen LogP contribution < -0.4 is 0 Å². The van der Waals surface area contributed by atoms with Crippen molar-refractivity contribution in [2.45, 2.75) is 26.7 Å². The Morgan fingerprint density at radius 3 is 2.80 bits per heavy atom. The number of aromatic nitrogens is 2. The van der Waals surface area contributed by atoms with Crippen LogP contribution in [0.5, 0.6) is 0 Å². The van der Waals surface area contributed by atoms with Crippen LogP contribution in [0.25, 0.3) is 4.96 Å². The Morgan fingerprint density at radius 2 is 2.27 bits per heavy atom. The van der Waals surface area contributed by atoms with Crippen molar-refractivity contribution in [3.05, 3.63) is 22.5 Å². The molecule has 1 N–H and O–H groups in total. The Morgan fingerprint density at radius 1 is 1.60 bits per heavy atom. The Bertz CT molecular complexity index is 525. The summed E-state index contributed by atoms with van der Waals surface area (Å²) in [6, 6.07) is 0. The molecule has 0 aliphatic rings. The SMILES string of the molecule is Cc1csc2nc(C(C)C)c(C(=O)O)n12. The zero-order valence-corrected chi connectivity index (χ0v) is 9.63. The molecule has 0 aliphatic carbocycles. The summed E-state index contributed by atoms with van der Waals surface area (Å²) < 4.78 is 1.71. The number of imidazole rings is 1. The summed E-state index contributed by atoms with van der Waals surface area (Å²) in [5, 5.41) is 11.1. The maximum absolute atomic E-state index is 11.2. The number of hydrogen-bond acceptors (Lipinski definition) is 3. The first-order valence-electron chi connectivity index (χ1n) is 4.72. The lowest BCUT2D eigenvalue weighted by Gasteiger charge is -2.02. The predicted molar refractivity (Wildman–Crippen MR) is 58.9 cm³/mol. The third kappa shape index (κ3) is 1.43. The van der Waals surface area contributed by atoms with Gasteiger partial charge in [0.25, 0.3) is 0 Å². The van der Waals surface area contributed by atoms with E-state index in [2.05, 4.69) is 4.98 Å². The highest BCUT2D eigenvalue weighted by atomic mass is 32.1. The van der Waals surface area contributed by atoms with E-state index in [1.807, 2.05) is 26.2 Å². The zero-order valence-electron chi connectivity index (χ0n) is 8.81. The fraction of sp³-hybridized carbons (Fsp3) is 0.400. The highest BCUT2D eigenvalue weighted by Crippen LogP contribution is 2.25. The standard InChI is InChI=1S/C10H12N2O2S/c1-5(2)7-8(9(13)14)12-6(3)4-15-10(12)11-7/h4-5H,1-3H3,(H,13,14). The summed E-state index contributed by atoms with van der Waals surface area (Å²) in [6.07, 6.45) is 0.